The summed E-state index contributed by atoms with van der Waals surface area (Å²) in [5.41, 5.74) is 1.00. The highest BCUT2D eigenvalue weighted by atomic mass is 31.2. The quantitative estimate of drug-likeness (QED) is 0.402. The summed E-state index contributed by atoms with van der Waals surface area (Å²) >= 11 is 0. The van der Waals surface area contributed by atoms with Crippen LogP contribution in [0.1, 0.15) is 29.8 Å². The van der Waals surface area contributed by atoms with Crippen molar-refractivity contribution in [2.75, 3.05) is 32.5 Å². The van der Waals surface area contributed by atoms with Crippen molar-refractivity contribution in [3.63, 3.8) is 0 Å². The molecular weight excluding hydrogens is 373 g/mol. The van der Waals surface area contributed by atoms with Crippen molar-refractivity contribution in [3.8, 4) is 0 Å². The van der Waals surface area contributed by atoms with E-state index in [2.05, 4.69) is 5.32 Å². The summed E-state index contributed by atoms with van der Waals surface area (Å²) in [6.45, 7) is 4.77. The molecule has 1 unspecified atom stereocenters. The lowest BCUT2D eigenvalue weighted by molar-refractivity contribution is -0.0884. The van der Waals surface area contributed by atoms with E-state index in [0.717, 1.165) is 5.56 Å². The second kappa shape index (κ2) is 10.3. The van der Waals surface area contributed by atoms with E-state index < -0.39 is 25.5 Å². The second-order valence-corrected chi connectivity index (χ2v) is 8.68. The summed E-state index contributed by atoms with van der Waals surface area (Å²) in [6.07, 6.45) is 0.00509. The zero-order valence-electron chi connectivity index (χ0n) is 15.7. The van der Waals surface area contributed by atoms with Gasteiger partial charge in [-0.2, -0.15) is 0 Å². The number of carboxylic acid groups (broad SMARTS) is 1. The first-order valence-corrected chi connectivity index (χ1v) is 11.0. The fourth-order valence-electron chi connectivity index (χ4n) is 3.03. The van der Waals surface area contributed by atoms with Gasteiger partial charge < -0.3 is 29.5 Å². The molecule has 152 valence electrons. The summed E-state index contributed by atoms with van der Waals surface area (Å²) in [5, 5.41) is 12.5. The minimum atomic E-state index is -3.70. The number of benzene rings is 1. The van der Waals surface area contributed by atoms with Crippen LogP contribution in [0.5, 0.6) is 0 Å². The number of carboxylic acids is 1. The Morgan fingerprint density at radius 1 is 1.33 bits per heavy atom. The third-order valence-corrected chi connectivity index (χ3v) is 6.18. The lowest BCUT2D eigenvalue weighted by Gasteiger charge is -2.33. The molecule has 1 aromatic rings. The molecule has 1 heterocycles. The highest BCUT2D eigenvalue weighted by Crippen LogP contribution is 2.48. The highest BCUT2D eigenvalue weighted by Gasteiger charge is 2.37. The average Bonchev–Trinajstić information content (AvgIpc) is 2.63. The van der Waals surface area contributed by atoms with Crippen LogP contribution in [0.2, 0.25) is 0 Å². The molecule has 27 heavy (non-hydrogen) atoms. The zero-order chi connectivity index (χ0) is 19.9. The van der Waals surface area contributed by atoms with Crippen molar-refractivity contribution in [1.29, 1.82) is 0 Å². The number of carbonyl (C=O) groups is 1. The van der Waals surface area contributed by atoms with Crippen LogP contribution in [0, 0.1) is 0 Å². The van der Waals surface area contributed by atoms with Crippen molar-refractivity contribution < 1.29 is 33.6 Å². The number of nitrogens with one attached hydrogen (secondary N) is 1. The van der Waals surface area contributed by atoms with Crippen LogP contribution < -0.4 is 5.32 Å². The van der Waals surface area contributed by atoms with Crippen LogP contribution in [0.4, 0.5) is 0 Å². The van der Waals surface area contributed by atoms with Gasteiger partial charge in [0, 0.05) is 25.8 Å². The number of hydrogen-bond acceptors (Lipinski definition) is 6. The Kier molecular flexibility index (Phi) is 8.41. The van der Waals surface area contributed by atoms with E-state index in [9.17, 15) is 19.4 Å². The van der Waals surface area contributed by atoms with E-state index in [0.29, 0.717) is 19.6 Å². The minimum absolute atomic E-state index is 0.0607. The van der Waals surface area contributed by atoms with Gasteiger partial charge >= 0.3 is 5.97 Å². The third-order valence-electron chi connectivity index (χ3n) is 4.29. The normalized spacial score (nSPS) is 22.5. The lowest BCUT2D eigenvalue weighted by atomic mass is 10.00. The Hall–Kier alpha value is -1.28. The van der Waals surface area contributed by atoms with E-state index in [1.807, 2.05) is 0 Å². The average molecular weight is 401 g/mol. The van der Waals surface area contributed by atoms with Gasteiger partial charge in [0.15, 0.2) is 0 Å². The molecule has 0 radical (unpaired) electrons. The monoisotopic (exact) mass is 401 g/mol. The van der Waals surface area contributed by atoms with E-state index in [1.54, 1.807) is 38.1 Å². The predicted molar refractivity (Wildman–Crippen MR) is 100 cm³/mol. The van der Waals surface area contributed by atoms with Gasteiger partial charge in [-0.25, -0.2) is 4.79 Å². The van der Waals surface area contributed by atoms with Crippen molar-refractivity contribution in [2.45, 2.75) is 38.4 Å². The van der Waals surface area contributed by atoms with Crippen LogP contribution in [-0.2, 0) is 25.2 Å². The van der Waals surface area contributed by atoms with Gasteiger partial charge in [0.1, 0.15) is 0 Å². The van der Waals surface area contributed by atoms with Gasteiger partial charge in [-0.1, -0.05) is 18.2 Å². The maximum atomic E-state index is 12.6. The first-order chi connectivity index (χ1) is 12.9. The number of aromatic carboxylic acids is 1. The first-order valence-electron chi connectivity index (χ1n) is 9.08. The maximum absolute atomic E-state index is 12.6. The smallest absolute Gasteiger partial charge is 0.335 e. The van der Waals surface area contributed by atoms with Crippen molar-refractivity contribution in [2.24, 2.45) is 0 Å². The largest absolute Gasteiger partial charge is 0.478 e. The molecule has 0 bridgehead atoms. The molecule has 2 rings (SSSR count). The Morgan fingerprint density at radius 3 is 2.56 bits per heavy atom. The molecule has 1 saturated heterocycles. The van der Waals surface area contributed by atoms with Gasteiger partial charge in [-0.05, 0) is 31.9 Å². The Bertz CT molecular complexity index is 655. The molecule has 1 aromatic carbocycles. The molecule has 0 aliphatic carbocycles. The van der Waals surface area contributed by atoms with Crippen molar-refractivity contribution in [3.05, 3.63) is 35.4 Å². The number of rotatable bonds is 10. The molecule has 1 aliphatic heterocycles. The van der Waals surface area contributed by atoms with Crippen LogP contribution in [-0.4, -0.2) is 66.7 Å². The number of hydrogen-bond donors (Lipinski definition) is 3. The van der Waals surface area contributed by atoms with Gasteiger partial charge in [0.05, 0.1) is 24.4 Å². The van der Waals surface area contributed by atoms with Gasteiger partial charge in [0.25, 0.3) is 7.37 Å². The zero-order valence-corrected chi connectivity index (χ0v) is 16.6. The summed E-state index contributed by atoms with van der Waals surface area (Å²) in [6, 6.07) is 5.66. The summed E-state index contributed by atoms with van der Waals surface area (Å²) in [7, 11) is -3.70. The fraction of sp³-hybridized carbons (Fsp3) is 0.611. The van der Waals surface area contributed by atoms with E-state index in [-0.39, 0.29) is 31.0 Å². The molecule has 0 amide bonds. The summed E-state index contributed by atoms with van der Waals surface area (Å²) in [5.74, 6) is -0.959. The molecule has 0 spiro atoms. The molecule has 0 aromatic heterocycles. The fourth-order valence-corrected chi connectivity index (χ4v) is 4.79. The van der Waals surface area contributed by atoms with Gasteiger partial charge in [-0.15, -0.1) is 0 Å². The Morgan fingerprint density at radius 2 is 2.00 bits per heavy atom. The predicted octanol–water partition coefficient (Wildman–Crippen LogP) is 1.91. The second-order valence-electron chi connectivity index (χ2n) is 6.38. The van der Waals surface area contributed by atoms with E-state index >= 15 is 0 Å². The molecule has 3 N–H and O–H groups in total. The lowest BCUT2D eigenvalue weighted by Crippen LogP contribution is -2.49. The molecule has 0 saturated carbocycles. The molecule has 9 heteroatoms. The Labute approximate surface area is 159 Å². The van der Waals surface area contributed by atoms with E-state index in [4.69, 9.17) is 14.2 Å². The van der Waals surface area contributed by atoms with Gasteiger partial charge in [0.2, 0.25) is 6.03 Å². The molecule has 1 aliphatic rings. The van der Waals surface area contributed by atoms with E-state index in [1.165, 1.54) is 0 Å². The number of morpholine rings is 1. The van der Waals surface area contributed by atoms with Crippen molar-refractivity contribution in [1.82, 2.24) is 5.32 Å². The SMILES string of the molecule is CCOC(OCC)P(=O)(O)C[C@@H]1CN[C@H](Cc2ccccc2C(=O)O)CO1. The van der Waals surface area contributed by atoms with Crippen LogP contribution in [0.25, 0.3) is 0 Å². The molecule has 3 atom stereocenters. The Balaban J connectivity index is 1.90. The molecule has 1 fully saturated rings. The van der Waals surface area contributed by atoms with Gasteiger partial charge in [-0.3, -0.25) is 4.57 Å². The highest BCUT2D eigenvalue weighted by molar-refractivity contribution is 7.58. The molecular formula is C18H28NO7P. The maximum Gasteiger partial charge on any atom is 0.335 e. The summed E-state index contributed by atoms with van der Waals surface area (Å²) < 4.78 is 28.9. The number of ether oxygens (including phenoxy) is 3. The van der Waals surface area contributed by atoms with Crippen LogP contribution in [0.15, 0.2) is 24.3 Å². The minimum Gasteiger partial charge on any atom is -0.478 e. The third kappa shape index (κ3) is 6.38. The van der Waals surface area contributed by atoms with Crippen LogP contribution >= 0.6 is 7.37 Å². The standard InChI is InChI=1S/C18H28NO7P/c1-3-24-18(25-4-2)27(22,23)12-15-10-19-14(11-26-15)9-13-7-5-6-8-16(13)17(20)21/h5-8,14-15,18-19H,3-4,9-12H2,1-2H3,(H,20,21)(H,22,23)/t14-,15+/m1/s1. The topological polar surface area (TPSA) is 114 Å². The first kappa shape index (κ1) is 22.0. The van der Waals surface area contributed by atoms with Crippen molar-refractivity contribution >= 4 is 13.3 Å². The summed E-state index contributed by atoms with van der Waals surface area (Å²) in [4.78, 5) is 21.6. The van der Waals surface area contributed by atoms with Crippen LogP contribution in [0.3, 0.4) is 0 Å². The molecule has 8 nitrogen and oxygen atoms in total.